The van der Waals surface area contributed by atoms with E-state index in [1.54, 1.807) is 18.4 Å². The zero-order valence-corrected chi connectivity index (χ0v) is 14.1. The van der Waals surface area contributed by atoms with Crippen molar-refractivity contribution in [2.45, 2.75) is 6.42 Å². The van der Waals surface area contributed by atoms with Crippen molar-refractivity contribution in [1.82, 2.24) is 0 Å². The SMILES string of the molecule is COc1ccc(Br)c(CC(=O)c2csc(I)c2)c1. The third-order valence-corrected chi connectivity index (χ3v) is 5.06. The van der Waals surface area contributed by atoms with Gasteiger partial charge in [0.15, 0.2) is 5.78 Å². The van der Waals surface area contributed by atoms with Crippen molar-refractivity contribution >= 4 is 55.6 Å². The molecule has 94 valence electrons. The number of Topliss-reactive ketones (excluding diaryl/α,β-unsaturated/α-hetero) is 1. The van der Waals surface area contributed by atoms with E-state index >= 15 is 0 Å². The molecular weight excluding hydrogens is 427 g/mol. The van der Waals surface area contributed by atoms with Crippen LogP contribution in [0, 0.1) is 2.88 Å². The molecule has 0 saturated heterocycles. The zero-order chi connectivity index (χ0) is 13.1. The van der Waals surface area contributed by atoms with Crippen molar-refractivity contribution in [3.63, 3.8) is 0 Å². The number of carbonyl (C=O) groups is 1. The van der Waals surface area contributed by atoms with Gasteiger partial charge in [0.1, 0.15) is 5.75 Å². The van der Waals surface area contributed by atoms with Crippen molar-refractivity contribution in [2.24, 2.45) is 0 Å². The topological polar surface area (TPSA) is 26.3 Å². The van der Waals surface area contributed by atoms with E-state index in [1.807, 2.05) is 29.6 Å². The molecule has 0 aliphatic rings. The predicted molar refractivity (Wildman–Crippen MR) is 85.8 cm³/mol. The first kappa shape index (κ1) is 14.0. The third kappa shape index (κ3) is 3.33. The van der Waals surface area contributed by atoms with Crippen molar-refractivity contribution in [2.75, 3.05) is 7.11 Å². The van der Waals surface area contributed by atoms with Crippen LogP contribution in [0.3, 0.4) is 0 Å². The van der Waals surface area contributed by atoms with Crippen LogP contribution in [0.5, 0.6) is 5.75 Å². The van der Waals surface area contributed by atoms with E-state index in [0.29, 0.717) is 6.42 Å². The Morgan fingerprint density at radius 3 is 2.83 bits per heavy atom. The summed E-state index contributed by atoms with van der Waals surface area (Å²) in [5.74, 6) is 0.893. The van der Waals surface area contributed by atoms with Crippen molar-refractivity contribution in [3.05, 3.63) is 48.1 Å². The molecule has 0 spiro atoms. The Morgan fingerprint density at radius 2 is 2.22 bits per heavy atom. The molecule has 1 heterocycles. The van der Waals surface area contributed by atoms with Gasteiger partial charge in [-0.05, 0) is 52.4 Å². The molecule has 0 bridgehead atoms. The largest absolute Gasteiger partial charge is 0.497 e. The quantitative estimate of drug-likeness (QED) is 0.519. The summed E-state index contributed by atoms with van der Waals surface area (Å²) in [4.78, 5) is 12.1. The Bertz CT molecular complexity index is 580. The lowest BCUT2D eigenvalue weighted by Crippen LogP contribution is -2.03. The van der Waals surface area contributed by atoms with E-state index in [4.69, 9.17) is 4.74 Å². The van der Waals surface area contributed by atoms with Gasteiger partial charge in [-0.2, -0.15) is 0 Å². The summed E-state index contributed by atoms with van der Waals surface area (Å²) < 4.78 is 7.23. The van der Waals surface area contributed by atoms with Crippen LogP contribution in [0.2, 0.25) is 0 Å². The van der Waals surface area contributed by atoms with Gasteiger partial charge in [0, 0.05) is 21.8 Å². The minimum absolute atomic E-state index is 0.128. The molecule has 0 amide bonds. The Morgan fingerprint density at radius 1 is 1.44 bits per heavy atom. The molecular formula is C13H10BrIO2S. The van der Waals surface area contributed by atoms with Gasteiger partial charge in [-0.3, -0.25) is 4.79 Å². The summed E-state index contributed by atoms with van der Waals surface area (Å²) in [6, 6.07) is 7.57. The van der Waals surface area contributed by atoms with E-state index in [-0.39, 0.29) is 5.78 Å². The van der Waals surface area contributed by atoms with Crippen molar-refractivity contribution in [3.8, 4) is 5.75 Å². The lowest BCUT2D eigenvalue weighted by atomic mass is 10.1. The normalized spacial score (nSPS) is 10.4. The maximum Gasteiger partial charge on any atom is 0.168 e. The average Bonchev–Trinajstić information content (AvgIpc) is 2.79. The van der Waals surface area contributed by atoms with Crippen LogP contribution in [0.15, 0.2) is 34.1 Å². The molecule has 18 heavy (non-hydrogen) atoms. The molecule has 0 radical (unpaired) electrons. The molecule has 0 N–H and O–H groups in total. The van der Waals surface area contributed by atoms with Crippen LogP contribution in [0.1, 0.15) is 15.9 Å². The first-order chi connectivity index (χ1) is 8.60. The maximum atomic E-state index is 12.1. The van der Waals surface area contributed by atoms with Gasteiger partial charge >= 0.3 is 0 Å². The molecule has 0 saturated carbocycles. The van der Waals surface area contributed by atoms with Crippen LogP contribution >= 0.6 is 49.9 Å². The third-order valence-electron chi connectivity index (χ3n) is 2.49. The number of halogens is 2. The molecule has 2 aromatic rings. The average molecular weight is 437 g/mol. The fourth-order valence-electron chi connectivity index (χ4n) is 1.54. The number of benzene rings is 1. The van der Waals surface area contributed by atoms with Crippen molar-refractivity contribution in [1.29, 1.82) is 0 Å². The van der Waals surface area contributed by atoms with E-state index < -0.39 is 0 Å². The number of methoxy groups -OCH3 is 1. The Kier molecular flexibility index (Phi) is 4.80. The van der Waals surface area contributed by atoms with Crippen LogP contribution in [0.25, 0.3) is 0 Å². The minimum atomic E-state index is 0.128. The summed E-state index contributed by atoms with van der Waals surface area (Å²) in [6.45, 7) is 0. The van der Waals surface area contributed by atoms with Gasteiger partial charge in [-0.15, -0.1) is 11.3 Å². The lowest BCUT2D eigenvalue weighted by Gasteiger charge is -2.06. The summed E-state index contributed by atoms with van der Waals surface area (Å²) in [5, 5.41) is 1.90. The fourth-order valence-corrected chi connectivity index (χ4v) is 3.28. The molecule has 0 aliphatic heterocycles. The molecule has 1 aromatic carbocycles. The summed E-state index contributed by atoms with van der Waals surface area (Å²) in [6.07, 6.45) is 0.380. The van der Waals surface area contributed by atoms with Gasteiger partial charge in [0.25, 0.3) is 0 Å². The van der Waals surface area contributed by atoms with Gasteiger partial charge in [0.2, 0.25) is 0 Å². The molecule has 0 aliphatic carbocycles. The molecule has 2 rings (SSSR count). The first-order valence-electron chi connectivity index (χ1n) is 5.20. The number of thiophene rings is 1. The van der Waals surface area contributed by atoms with Gasteiger partial charge in [0.05, 0.1) is 9.99 Å². The number of rotatable bonds is 4. The number of hydrogen-bond donors (Lipinski definition) is 0. The maximum absolute atomic E-state index is 12.1. The smallest absolute Gasteiger partial charge is 0.168 e. The van der Waals surface area contributed by atoms with Crippen LogP contribution in [-0.2, 0) is 6.42 Å². The molecule has 0 fully saturated rings. The first-order valence-corrected chi connectivity index (χ1v) is 7.95. The van der Waals surface area contributed by atoms with Crippen LogP contribution in [-0.4, -0.2) is 12.9 Å². The summed E-state index contributed by atoms with van der Waals surface area (Å²) in [7, 11) is 1.62. The molecule has 0 unspecified atom stereocenters. The number of ketones is 1. The molecule has 1 aromatic heterocycles. The van der Waals surface area contributed by atoms with E-state index in [1.165, 1.54) is 0 Å². The molecule has 5 heteroatoms. The number of carbonyl (C=O) groups excluding carboxylic acids is 1. The predicted octanol–water partition coefficient (Wildman–Crippen LogP) is 4.55. The highest BCUT2D eigenvalue weighted by atomic mass is 127. The van der Waals surface area contributed by atoms with Crippen LogP contribution < -0.4 is 4.74 Å². The molecule has 0 atom stereocenters. The summed E-state index contributed by atoms with van der Waals surface area (Å²) >= 11 is 7.26. The Hall–Kier alpha value is -0.400. The van der Waals surface area contributed by atoms with Gasteiger partial charge in [-0.25, -0.2) is 0 Å². The van der Waals surface area contributed by atoms with Crippen molar-refractivity contribution < 1.29 is 9.53 Å². The highest BCUT2D eigenvalue weighted by Gasteiger charge is 2.12. The standard InChI is InChI=1S/C13H10BrIO2S/c1-17-10-2-3-11(14)8(4-10)5-12(16)9-6-13(15)18-7-9/h2-4,6-7H,5H2,1H3. The Balaban J connectivity index is 2.21. The van der Waals surface area contributed by atoms with Crippen LogP contribution in [0.4, 0.5) is 0 Å². The van der Waals surface area contributed by atoms with Gasteiger partial charge < -0.3 is 4.74 Å². The zero-order valence-electron chi connectivity index (χ0n) is 9.57. The van der Waals surface area contributed by atoms with Gasteiger partial charge in [-0.1, -0.05) is 15.9 Å². The highest BCUT2D eigenvalue weighted by Crippen LogP contribution is 2.25. The monoisotopic (exact) mass is 436 g/mol. The summed E-state index contributed by atoms with van der Waals surface area (Å²) in [5.41, 5.74) is 1.72. The van der Waals surface area contributed by atoms with E-state index in [2.05, 4.69) is 38.5 Å². The molecule has 2 nitrogen and oxygen atoms in total. The highest BCUT2D eigenvalue weighted by molar-refractivity contribution is 14.1. The van der Waals surface area contributed by atoms with E-state index in [9.17, 15) is 4.79 Å². The lowest BCUT2D eigenvalue weighted by molar-refractivity contribution is 0.0993. The second-order valence-electron chi connectivity index (χ2n) is 3.70. The second kappa shape index (κ2) is 6.16. The minimum Gasteiger partial charge on any atom is -0.497 e. The Labute approximate surface area is 132 Å². The van der Waals surface area contributed by atoms with E-state index in [0.717, 1.165) is 24.2 Å². The number of ether oxygens (including phenoxy) is 1. The number of hydrogen-bond acceptors (Lipinski definition) is 3. The fraction of sp³-hybridized carbons (Fsp3) is 0.154. The second-order valence-corrected chi connectivity index (χ2v) is 7.36.